The second-order valence-corrected chi connectivity index (χ2v) is 8.68. The van der Waals surface area contributed by atoms with Crippen LogP contribution in [0.15, 0.2) is 73.1 Å². The van der Waals surface area contributed by atoms with Gasteiger partial charge in [0.25, 0.3) is 5.91 Å². The summed E-state index contributed by atoms with van der Waals surface area (Å²) >= 11 is 5.96. The van der Waals surface area contributed by atoms with Crippen molar-refractivity contribution in [2.45, 2.75) is 32.4 Å². The van der Waals surface area contributed by atoms with Crippen molar-refractivity contribution in [1.29, 1.82) is 0 Å². The lowest BCUT2D eigenvalue weighted by Gasteiger charge is -2.28. The van der Waals surface area contributed by atoms with Crippen LogP contribution < -0.4 is 4.90 Å². The van der Waals surface area contributed by atoms with Crippen LogP contribution in [0.25, 0.3) is 0 Å². The highest BCUT2D eigenvalue weighted by atomic mass is 35.5. The Balaban J connectivity index is 1.58. The van der Waals surface area contributed by atoms with Gasteiger partial charge in [-0.05, 0) is 60.5 Å². The normalized spacial score (nSPS) is 15.2. The fourth-order valence-electron chi connectivity index (χ4n) is 4.03. The van der Waals surface area contributed by atoms with Gasteiger partial charge >= 0.3 is 5.97 Å². The predicted octanol–water partition coefficient (Wildman–Crippen LogP) is 3.82. The Bertz CT molecular complexity index is 1260. The number of ether oxygens (including phenoxy) is 1. The number of esters is 1. The first kappa shape index (κ1) is 25.1. The molecule has 1 aromatic heterocycles. The number of nitrogens with zero attached hydrogens (tertiary/aromatic N) is 3. The minimum atomic E-state index is -0.970. The molecule has 4 rings (SSSR count). The number of imide groups is 1. The summed E-state index contributed by atoms with van der Waals surface area (Å²) in [6, 6.07) is 15.5. The number of amides is 3. The average molecular weight is 506 g/mol. The molecule has 0 radical (unpaired) electrons. The van der Waals surface area contributed by atoms with E-state index in [2.05, 4.69) is 4.98 Å². The summed E-state index contributed by atoms with van der Waals surface area (Å²) in [5, 5.41) is 0.555. The van der Waals surface area contributed by atoms with Crippen molar-refractivity contribution in [3.8, 4) is 0 Å². The SMILES string of the molecule is CCOC(=O)c1ccc(N2C(=O)CC(N(Cc3cccnc3)C(=O)Cc3ccc(Cl)cc3)C2=O)cc1. The van der Waals surface area contributed by atoms with Crippen LogP contribution in [0, 0.1) is 0 Å². The van der Waals surface area contributed by atoms with E-state index in [0.717, 1.165) is 16.0 Å². The van der Waals surface area contributed by atoms with Crippen molar-refractivity contribution in [2.75, 3.05) is 11.5 Å². The molecule has 36 heavy (non-hydrogen) atoms. The van der Waals surface area contributed by atoms with Crippen LogP contribution in [0.4, 0.5) is 5.69 Å². The van der Waals surface area contributed by atoms with E-state index in [9.17, 15) is 19.2 Å². The Morgan fingerprint density at radius 2 is 1.78 bits per heavy atom. The molecule has 0 saturated carbocycles. The van der Waals surface area contributed by atoms with E-state index in [1.54, 1.807) is 49.6 Å². The third-order valence-electron chi connectivity index (χ3n) is 5.80. The quantitative estimate of drug-likeness (QED) is 0.341. The number of carbonyl (C=O) groups excluding carboxylic acids is 4. The van der Waals surface area contributed by atoms with Crippen molar-refractivity contribution < 1.29 is 23.9 Å². The highest BCUT2D eigenvalue weighted by Crippen LogP contribution is 2.28. The van der Waals surface area contributed by atoms with Crippen molar-refractivity contribution in [3.05, 3.63) is 94.8 Å². The van der Waals surface area contributed by atoms with Gasteiger partial charge in [0, 0.05) is 24.0 Å². The maximum Gasteiger partial charge on any atom is 0.338 e. The number of benzene rings is 2. The minimum Gasteiger partial charge on any atom is -0.462 e. The lowest BCUT2D eigenvalue weighted by atomic mass is 10.1. The van der Waals surface area contributed by atoms with E-state index in [1.807, 2.05) is 6.07 Å². The third kappa shape index (κ3) is 5.60. The zero-order valence-corrected chi connectivity index (χ0v) is 20.4. The molecule has 1 aliphatic heterocycles. The second-order valence-electron chi connectivity index (χ2n) is 8.24. The molecular formula is C27H24ClN3O5. The molecule has 1 saturated heterocycles. The van der Waals surface area contributed by atoms with E-state index < -0.39 is 23.8 Å². The van der Waals surface area contributed by atoms with Gasteiger partial charge in [0.1, 0.15) is 6.04 Å². The van der Waals surface area contributed by atoms with Crippen LogP contribution in [0.2, 0.25) is 5.02 Å². The monoisotopic (exact) mass is 505 g/mol. The van der Waals surface area contributed by atoms with Gasteiger partial charge in [0.05, 0.1) is 30.7 Å². The Hall–Kier alpha value is -4.04. The molecule has 8 nitrogen and oxygen atoms in total. The van der Waals surface area contributed by atoms with E-state index in [1.165, 1.54) is 29.2 Å². The lowest BCUT2D eigenvalue weighted by Crippen LogP contribution is -2.45. The number of rotatable bonds is 8. The van der Waals surface area contributed by atoms with Crippen LogP contribution in [-0.4, -0.2) is 46.2 Å². The molecule has 0 bridgehead atoms. The van der Waals surface area contributed by atoms with Crippen molar-refractivity contribution >= 4 is 41.0 Å². The van der Waals surface area contributed by atoms with Gasteiger partial charge in [0.15, 0.2) is 0 Å². The first-order chi connectivity index (χ1) is 17.4. The number of carbonyl (C=O) groups is 4. The number of halogens is 1. The van der Waals surface area contributed by atoms with Crippen molar-refractivity contribution in [1.82, 2.24) is 9.88 Å². The summed E-state index contributed by atoms with van der Waals surface area (Å²) in [4.78, 5) is 58.3. The maximum absolute atomic E-state index is 13.5. The summed E-state index contributed by atoms with van der Waals surface area (Å²) in [6.45, 7) is 2.07. The summed E-state index contributed by atoms with van der Waals surface area (Å²) in [5.41, 5.74) is 2.11. The first-order valence-electron chi connectivity index (χ1n) is 11.4. The summed E-state index contributed by atoms with van der Waals surface area (Å²) in [7, 11) is 0. The first-order valence-corrected chi connectivity index (χ1v) is 11.8. The molecule has 1 aliphatic rings. The Morgan fingerprint density at radius 1 is 1.06 bits per heavy atom. The highest BCUT2D eigenvalue weighted by Gasteiger charge is 2.44. The molecule has 2 heterocycles. The second kappa shape index (κ2) is 11.1. The van der Waals surface area contributed by atoms with Gasteiger partial charge in [0.2, 0.25) is 11.8 Å². The lowest BCUT2D eigenvalue weighted by molar-refractivity contribution is -0.138. The van der Waals surface area contributed by atoms with Crippen molar-refractivity contribution in [3.63, 3.8) is 0 Å². The topological polar surface area (TPSA) is 96.9 Å². The number of hydrogen-bond donors (Lipinski definition) is 0. The molecule has 0 N–H and O–H groups in total. The van der Waals surface area contributed by atoms with Crippen LogP contribution in [0.5, 0.6) is 0 Å². The standard InChI is InChI=1S/C27H24ClN3O5/c1-2-36-27(35)20-7-11-22(12-8-20)31-25(33)15-23(26(31)34)30(17-19-4-3-13-29-16-19)24(32)14-18-5-9-21(28)10-6-18/h3-13,16,23H,2,14-15,17H2,1H3. The molecular weight excluding hydrogens is 482 g/mol. The molecule has 0 aliphatic carbocycles. The maximum atomic E-state index is 13.5. The molecule has 184 valence electrons. The molecule has 1 fully saturated rings. The Morgan fingerprint density at radius 3 is 2.42 bits per heavy atom. The van der Waals surface area contributed by atoms with Gasteiger partial charge in [-0.1, -0.05) is 29.8 Å². The predicted molar refractivity (Wildman–Crippen MR) is 133 cm³/mol. The largest absolute Gasteiger partial charge is 0.462 e. The van der Waals surface area contributed by atoms with Crippen molar-refractivity contribution in [2.24, 2.45) is 0 Å². The van der Waals surface area contributed by atoms with E-state index in [-0.39, 0.29) is 31.9 Å². The summed E-state index contributed by atoms with van der Waals surface area (Å²) in [6.07, 6.45) is 3.14. The Labute approximate surface area is 213 Å². The van der Waals surface area contributed by atoms with Crippen LogP contribution in [0.1, 0.15) is 34.8 Å². The van der Waals surface area contributed by atoms with Gasteiger partial charge in [-0.25, -0.2) is 9.69 Å². The zero-order valence-electron chi connectivity index (χ0n) is 19.6. The molecule has 3 aromatic rings. The average Bonchev–Trinajstić information content (AvgIpc) is 3.18. The summed E-state index contributed by atoms with van der Waals surface area (Å²) in [5.74, 6) is -1.72. The van der Waals surface area contributed by atoms with Gasteiger partial charge in [-0.3, -0.25) is 19.4 Å². The third-order valence-corrected chi connectivity index (χ3v) is 6.05. The molecule has 3 amide bonds. The van der Waals surface area contributed by atoms with Crippen LogP contribution >= 0.6 is 11.6 Å². The van der Waals surface area contributed by atoms with Gasteiger partial charge in [-0.2, -0.15) is 0 Å². The fourth-order valence-corrected chi connectivity index (χ4v) is 4.16. The van der Waals surface area contributed by atoms with Gasteiger partial charge in [-0.15, -0.1) is 0 Å². The van der Waals surface area contributed by atoms with Crippen LogP contribution in [0.3, 0.4) is 0 Å². The number of anilines is 1. The molecule has 9 heteroatoms. The number of hydrogen-bond acceptors (Lipinski definition) is 6. The smallest absolute Gasteiger partial charge is 0.338 e. The van der Waals surface area contributed by atoms with E-state index >= 15 is 0 Å². The van der Waals surface area contributed by atoms with Crippen LogP contribution in [-0.2, 0) is 32.1 Å². The molecule has 2 aromatic carbocycles. The summed E-state index contributed by atoms with van der Waals surface area (Å²) < 4.78 is 4.98. The minimum absolute atomic E-state index is 0.0453. The highest BCUT2D eigenvalue weighted by molar-refractivity contribution is 6.30. The molecule has 1 unspecified atom stereocenters. The molecule has 1 atom stereocenters. The Kier molecular flexibility index (Phi) is 7.75. The van der Waals surface area contributed by atoms with E-state index in [0.29, 0.717) is 16.3 Å². The molecule has 0 spiro atoms. The number of pyridine rings is 1. The van der Waals surface area contributed by atoms with E-state index in [4.69, 9.17) is 16.3 Å². The van der Waals surface area contributed by atoms with Gasteiger partial charge < -0.3 is 9.64 Å². The zero-order chi connectivity index (χ0) is 25.7. The number of aromatic nitrogens is 1. The fraction of sp³-hybridized carbons (Fsp3) is 0.222.